The number of hydrogen-bond acceptors (Lipinski definition) is 3. The van der Waals surface area contributed by atoms with Crippen molar-refractivity contribution in [2.45, 2.75) is 39.8 Å². The lowest BCUT2D eigenvalue weighted by atomic mass is 10.1. The van der Waals surface area contributed by atoms with Gasteiger partial charge in [-0.1, -0.05) is 0 Å². The van der Waals surface area contributed by atoms with Gasteiger partial charge in [-0.25, -0.2) is 9.38 Å². The molecule has 0 saturated carbocycles. The zero-order chi connectivity index (χ0) is 19.0. The van der Waals surface area contributed by atoms with Gasteiger partial charge in [0.1, 0.15) is 5.82 Å². The average molecular weight is 475 g/mol. The van der Waals surface area contributed by atoms with Crippen LogP contribution in [0.5, 0.6) is 0 Å². The Labute approximate surface area is 171 Å². The minimum absolute atomic E-state index is 0. The maximum atomic E-state index is 13.9. The first-order valence-corrected chi connectivity index (χ1v) is 8.15. The molecule has 0 aliphatic rings. The molecule has 144 valence electrons. The van der Waals surface area contributed by atoms with Gasteiger partial charge < -0.3 is 15.5 Å². The van der Waals surface area contributed by atoms with Gasteiger partial charge in [0.25, 0.3) is 0 Å². The van der Waals surface area contributed by atoms with Gasteiger partial charge >= 0.3 is 0 Å². The molecule has 0 aliphatic heterocycles. The summed E-state index contributed by atoms with van der Waals surface area (Å²) in [5.41, 5.74) is 0.408. The number of rotatable bonds is 5. The number of hydrogen-bond donors (Lipinski definition) is 2. The standard InChI is InChI=1S/C18H26FN5O.HI/c1-6-21-17(24(5)12-16(25)23-18(2,3)4)22-11-14-9-13(10-20)7-8-15(14)19;/h7-9H,6,11-12H2,1-5H3,(H,21,22)(H,23,25);1H. The minimum atomic E-state index is -0.410. The Hall–Kier alpha value is -1.89. The molecule has 0 fully saturated rings. The van der Waals surface area contributed by atoms with Crippen molar-refractivity contribution in [2.24, 2.45) is 4.99 Å². The Balaban J connectivity index is 0.00000625. The largest absolute Gasteiger partial charge is 0.357 e. The number of nitriles is 1. The van der Waals surface area contributed by atoms with Crippen LogP contribution in [0.3, 0.4) is 0 Å². The second-order valence-electron chi connectivity index (χ2n) is 6.74. The van der Waals surface area contributed by atoms with Gasteiger partial charge in [-0.15, -0.1) is 24.0 Å². The van der Waals surface area contributed by atoms with Crippen LogP contribution in [0.1, 0.15) is 38.8 Å². The summed E-state index contributed by atoms with van der Waals surface area (Å²) in [5, 5.41) is 14.9. The van der Waals surface area contributed by atoms with E-state index in [-0.39, 0.29) is 48.5 Å². The minimum Gasteiger partial charge on any atom is -0.357 e. The molecule has 0 aliphatic carbocycles. The van der Waals surface area contributed by atoms with Gasteiger partial charge in [0, 0.05) is 24.7 Å². The van der Waals surface area contributed by atoms with Gasteiger partial charge in [-0.2, -0.15) is 5.26 Å². The predicted molar refractivity (Wildman–Crippen MR) is 112 cm³/mol. The molecule has 1 aromatic rings. The number of amides is 1. The van der Waals surface area contributed by atoms with Gasteiger partial charge in [0.15, 0.2) is 5.96 Å². The van der Waals surface area contributed by atoms with Crippen molar-refractivity contribution >= 4 is 35.8 Å². The van der Waals surface area contributed by atoms with E-state index in [1.807, 2.05) is 33.8 Å². The van der Waals surface area contributed by atoms with Gasteiger partial charge in [0.05, 0.1) is 24.7 Å². The first-order valence-electron chi connectivity index (χ1n) is 8.15. The van der Waals surface area contributed by atoms with E-state index in [9.17, 15) is 9.18 Å². The molecule has 0 aromatic heterocycles. The summed E-state index contributed by atoms with van der Waals surface area (Å²) < 4.78 is 13.9. The highest BCUT2D eigenvalue weighted by atomic mass is 127. The number of likely N-dealkylation sites (N-methyl/N-ethyl adjacent to an activating group) is 1. The van der Waals surface area contributed by atoms with Crippen LogP contribution in [0.25, 0.3) is 0 Å². The van der Waals surface area contributed by atoms with Crippen LogP contribution >= 0.6 is 24.0 Å². The summed E-state index contributed by atoms with van der Waals surface area (Å²) >= 11 is 0. The molecule has 1 amide bonds. The van der Waals surface area contributed by atoms with Crippen molar-refractivity contribution in [2.75, 3.05) is 20.1 Å². The fraction of sp³-hybridized carbons (Fsp3) is 0.500. The monoisotopic (exact) mass is 475 g/mol. The molecule has 0 spiro atoms. The summed E-state index contributed by atoms with van der Waals surface area (Å²) in [6, 6.07) is 6.15. The van der Waals surface area contributed by atoms with Crippen LogP contribution < -0.4 is 10.6 Å². The summed E-state index contributed by atoms with van der Waals surface area (Å²) in [6.45, 7) is 8.47. The summed E-state index contributed by atoms with van der Waals surface area (Å²) in [7, 11) is 1.74. The fourth-order valence-corrected chi connectivity index (χ4v) is 2.14. The molecule has 0 unspecified atom stereocenters. The number of nitrogens with one attached hydrogen (secondary N) is 2. The third kappa shape index (κ3) is 8.47. The van der Waals surface area contributed by atoms with Gasteiger partial charge in [-0.3, -0.25) is 4.79 Å². The summed E-state index contributed by atoms with van der Waals surface area (Å²) in [4.78, 5) is 18.1. The number of halogens is 2. The Bertz CT molecular complexity index is 679. The molecule has 0 atom stereocenters. The Morgan fingerprint density at radius 1 is 1.38 bits per heavy atom. The second-order valence-corrected chi connectivity index (χ2v) is 6.74. The molecular weight excluding hydrogens is 448 g/mol. The highest BCUT2D eigenvalue weighted by molar-refractivity contribution is 14.0. The lowest BCUT2D eigenvalue weighted by Gasteiger charge is -2.25. The van der Waals surface area contributed by atoms with Crippen LogP contribution in [0, 0.1) is 17.1 Å². The number of aliphatic imine (C=N–C) groups is 1. The maximum absolute atomic E-state index is 13.9. The molecule has 0 bridgehead atoms. The van der Waals surface area contributed by atoms with Crippen molar-refractivity contribution in [3.63, 3.8) is 0 Å². The number of benzene rings is 1. The number of carbonyl (C=O) groups excluding carboxylic acids is 1. The zero-order valence-electron chi connectivity index (χ0n) is 15.9. The lowest BCUT2D eigenvalue weighted by Crippen LogP contribution is -2.48. The van der Waals surface area contributed by atoms with E-state index < -0.39 is 5.82 Å². The van der Waals surface area contributed by atoms with Crippen LogP contribution in [0.2, 0.25) is 0 Å². The number of carbonyl (C=O) groups is 1. The maximum Gasteiger partial charge on any atom is 0.240 e. The van der Waals surface area contributed by atoms with Crippen LogP contribution in [-0.2, 0) is 11.3 Å². The van der Waals surface area contributed by atoms with Gasteiger partial charge in [-0.05, 0) is 45.9 Å². The van der Waals surface area contributed by atoms with Crippen molar-refractivity contribution in [3.05, 3.63) is 35.1 Å². The lowest BCUT2D eigenvalue weighted by molar-refractivity contribution is -0.122. The molecule has 8 heteroatoms. The molecular formula is C18H27FIN5O. The topological polar surface area (TPSA) is 80.5 Å². The molecule has 26 heavy (non-hydrogen) atoms. The smallest absolute Gasteiger partial charge is 0.240 e. The quantitative estimate of drug-likeness (QED) is 0.390. The van der Waals surface area contributed by atoms with E-state index >= 15 is 0 Å². The second kappa shape index (κ2) is 11.0. The van der Waals surface area contributed by atoms with Crippen molar-refractivity contribution in [3.8, 4) is 6.07 Å². The average Bonchev–Trinajstić information content (AvgIpc) is 2.50. The molecule has 1 aromatic carbocycles. The van der Waals surface area contributed by atoms with Crippen molar-refractivity contribution in [1.82, 2.24) is 15.5 Å². The van der Waals surface area contributed by atoms with Crippen LogP contribution in [-0.4, -0.2) is 42.4 Å². The molecule has 0 saturated heterocycles. The molecule has 6 nitrogen and oxygen atoms in total. The zero-order valence-corrected chi connectivity index (χ0v) is 18.2. The Morgan fingerprint density at radius 2 is 2.04 bits per heavy atom. The first kappa shape index (κ1) is 24.1. The SMILES string of the molecule is CCNC(=NCc1cc(C#N)ccc1F)N(C)CC(=O)NC(C)(C)C.I. The van der Waals surface area contributed by atoms with Gasteiger partial charge in [0.2, 0.25) is 5.91 Å². The Morgan fingerprint density at radius 3 is 2.58 bits per heavy atom. The molecule has 0 radical (unpaired) electrons. The van der Waals surface area contributed by atoms with E-state index in [0.29, 0.717) is 23.6 Å². The normalized spacial score (nSPS) is 11.2. The molecule has 2 N–H and O–H groups in total. The van der Waals surface area contributed by atoms with E-state index in [0.717, 1.165) is 0 Å². The van der Waals surface area contributed by atoms with Crippen LogP contribution in [0.15, 0.2) is 23.2 Å². The summed E-state index contributed by atoms with van der Waals surface area (Å²) in [6.07, 6.45) is 0. The van der Waals surface area contributed by atoms with E-state index in [1.165, 1.54) is 18.2 Å². The van der Waals surface area contributed by atoms with Crippen molar-refractivity contribution < 1.29 is 9.18 Å². The van der Waals surface area contributed by atoms with E-state index in [1.54, 1.807) is 11.9 Å². The third-order valence-electron chi connectivity index (χ3n) is 3.17. The predicted octanol–water partition coefficient (Wildman–Crippen LogP) is 2.63. The van der Waals surface area contributed by atoms with Crippen LogP contribution in [0.4, 0.5) is 4.39 Å². The number of guanidine groups is 1. The highest BCUT2D eigenvalue weighted by Gasteiger charge is 2.16. The summed E-state index contributed by atoms with van der Waals surface area (Å²) in [5.74, 6) is -0.0432. The Kier molecular flexibility index (Phi) is 10.2. The fourth-order valence-electron chi connectivity index (χ4n) is 2.14. The third-order valence-corrected chi connectivity index (χ3v) is 3.17. The first-order chi connectivity index (χ1) is 11.7. The van der Waals surface area contributed by atoms with Crippen molar-refractivity contribution in [1.29, 1.82) is 5.26 Å². The van der Waals surface area contributed by atoms with E-state index in [4.69, 9.17) is 5.26 Å². The molecule has 0 heterocycles. The highest BCUT2D eigenvalue weighted by Crippen LogP contribution is 2.11. The molecule has 1 rings (SSSR count). The number of nitrogens with zero attached hydrogens (tertiary/aromatic N) is 3. The van der Waals surface area contributed by atoms with E-state index in [2.05, 4.69) is 15.6 Å².